The van der Waals surface area contributed by atoms with Crippen LogP contribution in [0.1, 0.15) is 12.0 Å². The van der Waals surface area contributed by atoms with Crippen LogP contribution in [0.4, 0.5) is 0 Å². The van der Waals surface area contributed by atoms with Gasteiger partial charge in [-0.2, -0.15) is 0 Å². The largest absolute Gasteiger partial charge is 0.410 e. The van der Waals surface area contributed by atoms with Gasteiger partial charge < -0.3 is 4.43 Å². The molecule has 0 radical (unpaired) electrons. The van der Waals surface area contributed by atoms with E-state index in [0.29, 0.717) is 0 Å². The van der Waals surface area contributed by atoms with E-state index in [9.17, 15) is 0 Å². The first kappa shape index (κ1) is 13.3. The maximum absolute atomic E-state index is 6.30. The summed E-state index contributed by atoms with van der Waals surface area (Å²) < 4.78 is 6.30. The lowest BCUT2D eigenvalue weighted by Gasteiger charge is -2.34. The molecule has 0 aromatic heterocycles. The Morgan fingerprint density at radius 1 is 1.33 bits per heavy atom. The number of hydrogen-bond donors (Lipinski definition) is 0. The van der Waals surface area contributed by atoms with Crippen molar-refractivity contribution in [2.75, 3.05) is 0 Å². The molecular formula is C16H22OSi. The van der Waals surface area contributed by atoms with E-state index in [1.807, 2.05) is 6.08 Å². The van der Waals surface area contributed by atoms with Gasteiger partial charge in [0.25, 0.3) is 0 Å². The smallest absolute Gasteiger partial charge is 0.191 e. The van der Waals surface area contributed by atoms with Crippen LogP contribution in [0, 0.1) is 0 Å². The lowest BCUT2D eigenvalue weighted by Crippen LogP contribution is -2.39. The van der Waals surface area contributed by atoms with Gasteiger partial charge in [0.1, 0.15) is 0 Å². The molecule has 0 saturated carbocycles. The summed E-state index contributed by atoms with van der Waals surface area (Å²) in [6, 6.07) is 11.7. The van der Waals surface area contributed by atoms with Gasteiger partial charge in [0.2, 0.25) is 0 Å². The van der Waals surface area contributed by atoms with Crippen molar-refractivity contribution in [3.8, 4) is 0 Å². The Bertz CT molecular complexity index is 434. The summed E-state index contributed by atoms with van der Waals surface area (Å²) >= 11 is 0. The van der Waals surface area contributed by atoms with E-state index in [2.05, 4.69) is 56.1 Å². The van der Waals surface area contributed by atoms with Crippen LogP contribution < -0.4 is 0 Å². The fraction of sp³-hybridized carbons (Fsp3) is 0.375. The monoisotopic (exact) mass is 258 g/mol. The van der Waals surface area contributed by atoms with Crippen LogP contribution >= 0.6 is 0 Å². The van der Waals surface area contributed by atoms with Crippen molar-refractivity contribution in [2.45, 2.75) is 38.1 Å². The minimum atomic E-state index is -1.47. The van der Waals surface area contributed by atoms with Crippen molar-refractivity contribution in [3.05, 3.63) is 60.2 Å². The molecule has 1 unspecified atom stereocenters. The summed E-state index contributed by atoms with van der Waals surface area (Å²) in [5.74, 6) is 0. The molecule has 1 nitrogen and oxygen atoms in total. The Morgan fingerprint density at radius 3 is 2.72 bits per heavy atom. The maximum atomic E-state index is 6.30. The van der Waals surface area contributed by atoms with Gasteiger partial charge in [-0.05, 0) is 43.1 Å². The zero-order valence-electron chi connectivity index (χ0n) is 11.4. The van der Waals surface area contributed by atoms with Crippen LogP contribution in [0.5, 0.6) is 0 Å². The number of rotatable bonds is 4. The summed E-state index contributed by atoms with van der Waals surface area (Å²) in [4.78, 5) is 0. The molecule has 96 valence electrons. The Morgan fingerprint density at radius 2 is 2.06 bits per heavy atom. The van der Waals surface area contributed by atoms with Crippen LogP contribution in [0.25, 0.3) is 0 Å². The van der Waals surface area contributed by atoms with Gasteiger partial charge in [-0.3, -0.25) is 0 Å². The molecule has 1 aromatic rings. The second kappa shape index (κ2) is 5.68. The van der Waals surface area contributed by atoms with Crippen LogP contribution in [0.2, 0.25) is 19.1 Å². The zero-order chi connectivity index (χ0) is 13.0. The van der Waals surface area contributed by atoms with Gasteiger partial charge in [0.05, 0.1) is 6.10 Å². The van der Waals surface area contributed by atoms with Gasteiger partial charge in [0.15, 0.2) is 8.32 Å². The van der Waals surface area contributed by atoms with Crippen molar-refractivity contribution < 1.29 is 4.43 Å². The molecule has 1 heterocycles. The average molecular weight is 258 g/mol. The lowest BCUT2D eigenvalue weighted by atomic mass is 10.0. The molecule has 0 N–H and O–H groups in total. The van der Waals surface area contributed by atoms with Gasteiger partial charge in [0, 0.05) is 0 Å². The molecule has 0 aliphatic carbocycles. The second-order valence-corrected chi connectivity index (χ2v) is 9.67. The van der Waals surface area contributed by atoms with E-state index >= 15 is 0 Å². The molecule has 1 aliphatic heterocycles. The van der Waals surface area contributed by atoms with Gasteiger partial charge in [-0.25, -0.2) is 0 Å². The Hall–Kier alpha value is -1.12. The predicted molar refractivity (Wildman–Crippen MR) is 80.2 cm³/mol. The highest BCUT2D eigenvalue weighted by Gasteiger charge is 2.30. The first-order valence-corrected chi connectivity index (χ1v) is 9.76. The maximum Gasteiger partial charge on any atom is 0.191 e. The topological polar surface area (TPSA) is 9.23 Å². The van der Waals surface area contributed by atoms with Crippen LogP contribution in [0.3, 0.4) is 0 Å². The Labute approximate surface area is 111 Å². The van der Waals surface area contributed by atoms with E-state index in [0.717, 1.165) is 18.9 Å². The van der Waals surface area contributed by atoms with Gasteiger partial charge in [-0.1, -0.05) is 49.1 Å². The van der Waals surface area contributed by atoms with Gasteiger partial charge in [-0.15, -0.1) is 0 Å². The minimum Gasteiger partial charge on any atom is -0.410 e. The van der Waals surface area contributed by atoms with Crippen molar-refractivity contribution in [2.24, 2.45) is 0 Å². The molecule has 1 aromatic carbocycles. The van der Waals surface area contributed by atoms with E-state index in [1.165, 1.54) is 11.1 Å². The summed E-state index contributed by atoms with van der Waals surface area (Å²) in [5.41, 5.74) is 2.66. The summed E-state index contributed by atoms with van der Waals surface area (Å²) in [7, 11) is -1.47. The first-order valence-electron chi connectivity index (χ1n) is 6.65. The molecule has 2 heteroatoms. The van der Waals surface area contributed by atoms with Crippen LogP contribution in [-0.4, -0.2) is 14.4 Å². The Kier molecular flexibility index (Phi) is 4.20. The highest BCUT2D eigenvalue weighted by molar-refractivity contribution is 6.71. The molecule has 0 fully saturated rings. The van der Waals surface area contributed by atoms with Crippen molar-refractivity contribution >= 4 is 8.32 Å². The van der Waals surface area contributed by atoms with Crippen LogP contribution in [0.15, 0.2) is 54.6 Å². The average Bonchev–Trinajstić information content (AvgIpc) is 2.37. The standard InChI is InChI=1S/C16H22OSi/c1-4-15-12-13-18(2,3)17-16(15)11-10-14-8-6-5-7-9-14/h4-9,12,16H,1,10-11,13H2,2-3H3. The van der Waals surface area contributed by atoms with Crippen molar-refractivity contribution in [1.29, 1.82) is 0 Å². The number of allylic oxidation sites excluding steroid dienone is 1. The highest BCUT2D eigenvalue weighted by Crippen LogP contribution is 2.28. The molecule has 0 saturated heterocycles. The predicted octanol–water partition coefficient (Wildman–Crippen LogP) is 4.34. The molecule has 2 rings (SSSR count). The fourth-order valence-electron chi connectivity index (χ4n) is 2.38. The quantitative estimate of drug-likeness (QED) is 0.730. The van der Waals surface area contributed by atoms with E-state index < -0.39 is 8.32 Å². The zero-order valence-corrected chi connectivity index (χ0v) is 12.4. The highest BCUT2D eigenvalue weighted by atomic mass is 28.4. The number of benzene rings is 1. The molecule has 1 atom stereocenters. The minimum absolute atomic E-state index is 0.248. The Balaban J connectivity index is 2.01. The third kappa shape index (κ3) is 3.44. The van der Waals surface area contributed by atoms with Gasteiger partial charge >= 0.3 is 0 Å². The third-order valence-electron chi connectivity index (χ3n) is 3.44. The number of hydrogen-bond acceptors (Lipinski definition) is 1. The van der Waals surface area contributed by atoms with Crippen molar-refractivity contribution in [1.82, 2.24) is 0 Å². The molecule has 1 aliphatic rings. The molecule has 0 bridgehead atoms. The third-order valence-corrected chi connectivity index (χ3v) is 5.55. The van der Waals surface area contributed by atoms with Crippen molar-refractivity contribution in [3.63, 3.8) is 0 Å². The SMILES string of the molecule is C=CC1=CC[Si](C)(C)OC1CCc1ccccc1. The number of aryl methyl sites for hydroxylation is 1. The molecule has 18 heavy (non-hydrogen) atoms. The summed E-state index contributed by atoms with van der Waals surface area (Å²) in [6.45, 7) is 8.49. The van der Waals surface area contributed by atoms with E-state index in [4.69, 9.17) is 4.43 Å². The lowest BCUT2D eigenvalue weighted by molar-refractivity contribution is 0.215. The fourth-order valence-corrected chi connectivity index (χ4v) is 4.23. The summed E-state index contributed by atoms with van der Waals surface area (Å²) in [6.07, 6.45) is 6.66. The second-order valence-electron chi connectivity index (χ2n) is 5.50. The molecule has 0 spiro atoms. The molecule has 0 amide bonds. The first-order chi connectivity index (χ1) is 8.61. The normalized spacial score (nSPS) is 22.3. The van der Waals surface area contributed by atoms with E-state index in [-0.39, 0.29) is 6.10 Å². The van der Waals surface area contributed by atoms with E-state index in [1.54, 1.807) is 0 Å². The molecular weight excluding hydrogens is 236 g/mol. The summed E-state index contributed by atoms with van der Waals surface area (Å²) in [5, 5.41) is 0. The van der Waals surface area contributed by atoms with Crippen LogP contribution in [-0.2, 0) is 10.8 Å².